The van der Waals surface area contributed by atoms with Crippen molar-refractivity contribution in [3.63, 3.8) is 0 Å². The van der Waals surface area contributed by atoms with Crippen molar-refractivity contribution in [2.24, 2.45) is 5.92 Å². The van der Waals surface area contributed by atoms with Crippen LogP contribution in [0, 0.1) is 5.92 Å². The number of carboxylic acid groups (broad SMARTS) is 1. The molecule has 6 nitrogen and oxygen atoms in total. The van der Waals surface area contributed by atoms with Crippen LogP contribution in [0.1, 0.15) is 24.0 Å². The van der Waals surface area contributed by atoms with Crippen molar-refractivity contribution < 1.29 is 19.4 Å². The maximum absolute atomic E-state index is 12.0. The number of aliphatic carboxylic acids is 1. The molecule has 124 valence electrons. The van der Waals surface area contributed by atoms with Gasteiger partial charge < -0.3 is 14.7 Å². The lowest BCUT2D eigenvalue weighted by atomic mass is 9.91. The fraction of sp³-hybridized carbons (Fsp3) is 0.529. The molecule has 0 bridgehead atoms. The summed E-state index contributed by atoms with van der Waals surface area (Å²) in [6.45, 7) is 2.81. The van der Waals surface area contributed by atoms with Gasteiger partial charge in [0, 0.05) is 32.2 Å². The Hall–Kier alpha value is -2.08. The molecule has 1 aromatic rings. The van der Waals surface area contributed by atoms with Gasteiger partial charge in [0.1, 0.15) is 0 Å². The molecule has 0 radical (unpaired) electrons. The Morgan fingerprint density at radius 3 is 2.48 bits per heavy atom. The van der Waals surface area contributed by atoms with E-state index < -0.39 is 5.97 Å². The minimum atomic E-state index is -0.774. The molecule has 3 rings (SSSR count). The quantitative estimate of drug-likeness (QED) is 0.922. The van der Waals surface area contributed by atoms with Gasteiger partial charge in [-0.3, -0.25) is 9.69 Å². The molecule has 0 saturated carbocycles. The van der Waals surface area contributed by atoms with Crippen molar-refractivity contribution in [1.82, 2.24) is 9.80 Å². The standard InChI is InChI=1S/C17H22N2O4/c1-23-17(22)19-7-6-12(16(20)21)8-15(19)11-18-9-13-4-2-3-5-14(13)10-18/h2-5,12,15H,6-11H2,1H3,(H,20,21)/t12-,15-/m1/s1. The zero-order chi connectivity index (χ0) is 16.4. The normalized spacial score (nSPS) is 24.3. The first-order chi connectivity index (χ1) is 11.1. The zero-order valence-corrected chi connectivity index (χ0v) is 13.3. The molecule has 23 heavy (non-hydrogen) atoms. The number of ether oxygens (including phenoxy) is 1. The van der Waals surface area contributed by atoms with Crippen LogP contribution in [0.25, 0.3) is 0 Å². The Balaban J connectivity index is 1.69. The molecule has 1 N–H and O–H groups in total. The van der Waals surface area contributed by atoms with Gasteiger partial charge in [-0.05, 0) is 24.0 Å². The Labute approximate surface area is 135 Å². The van der Waals surface area contributed by atoms with E-state index in [1.54, 1.807) is 4.90 Å². The smallest absolute Gasteiger partial charge is 0.409 e. The van der Waals surface area contributed by atoms with Crippen molar-refractivity contribution in [3.05, 3.63) is 35.4 Å². The summed E-state index contributed by atoms with van der Waals surface area (Å²) in [4.78, 5) is 27.3. The fourth-order valence-electron chi connectivity index (χ4n) is 3.64. The van der Waals surface area contributed by atoms with E-state index in [1.807, 2.05) is 12.1 Å². The molecule has 6 heteroatoms. The van der Waals surface area contributed by atoms with E-state index >= 15 is 0 Å². The van der Waals surface area contributed by atoms with Gasteiger partial charge in [-0.15, -0.1) is 0 Å². The molecule has 1 saturated heterocycles. The summed E-state index contributed by atoms with van der Waals surface area (Å²) in [5, 5.41) is 9.29. The van der Waals surface area contributed by atoms with Crippen LogP contribution in [0.4, 0.5) is 4.79 Å². The topological polar surface area (TPSA) is 70.1 Å². The molecule has 0 unspecified atom stereocenters. The molecular weight excluding hydrogens is 296 g/mol. The third-order valence-electron chi connectivity index (χ3n) is 4.85. The summed E-state index contributed by atoms with van der Waals surface area (Å²) in [6, 6.07) is 8.18. The summed E-state index contributed by atoms with van der Waals surface area (Å²) in [5.41, 5.74) is 2.62. The average molecular weight is 318 g/mol. The van der Waals surface area contributed by atoms with Crippen LogP contribution in [-0.2, 0) is 22.6 Å². The van der Waals surface area contributed by atoms with Gasteiger partial charge in [-0.25, -0.2) is 4.79 Å². The SMILES string of the molecule is COC(=O)N1CC[C@@H](C(=O)O)C[C@@H]1CN1Cc2ccccc2C1. The van der Waals surface area contributed by atoms with Crippen LogP contribution < -0.4 is 0 Å². The lowest BCUT2D eigenvalue weighted by molar-refractivity contribution is -0.144. The highest BCUT2D eigenvalue weighted by atomic mass is 16.5. The number of carboxylic acids is 1. The van der Waals surface area contributed by atoms with Gasteiger partial charge in [0.25, 0.3) is 0 Å². The number of fused-ring (bicyclic) bond motifs is 1. The Kier molecular flexibility index (Phi) is 4.52. The summed E-state index contributed by atoms with van der Waals surface area (Å²) >= 11 is 0. The van der Waals surface area contributed by atoms with E-state index in [9.17, 15) is 14.7 Å². The fourth-order valence-corrected chi connectivity index (χ4v) is 3.64. The molecule has 2 aliphatic rings. The third-order valence-corrected chi connectivity index (χ3v) is 4.85. The molecule has 2 aliphatic heterocycles. The number of methoxy groups -OCH3 is 1. The van der Waals surface area contributed by atoms with Crippen molar-refractivity contribution >= 4 is 12.1 Å². The highest BCUT2D eigenvalue weighted by Gasteiger charge is 2.36. The second-order valence-electron chi connectivity index (χ2n) is 6.32. The van der Waals surface area contributed by atoms with Crippen molar-refractivity contribution in [3.8, 4) is 0 Å². The summed E-state index contributed by atoms with van der Waals surface area (Å²) in [7, 11) is 1.37. The average Bonchev–Trinajstić information content (AvgIpc) is 2.96. The maximum atomic E-state index is 12.0. The van der Waals surface area contributed by atoms with Crippen molar-refractivity contribution in [1.29, 1.82) is 0 Å². The van der Waals surface area contributed by atoms with Gasteiger partial charge in [-0.1, -0.05) is 24.3 Å². The highest BCUT2D eigenvalue weighted by Crippen LogP contribution is 2.28. The number of rotatable bonds is 3. The molecule has 1 fully saturated rings. The van der Waals surface area contributed by atoms with E-state index in [-0.39, 0.29) is 18.1 Å². The highest BCUT2D eigenvalue weighted by molar-refractivity contribution is 5.72. The molecule has 0 spiro atoms. The first-order valence-corrected chi connectivity index (χ1v) is 7.95. The van der Waals surface area contributed by atoms with Gasteiger partial charge in [0.2, 0.25) is 0 Å². The maximum Gasteiger partial charge on any atom is 0.409 e. The minimum absolute atomic E-state index is 0.119. The number of benzene rings is 1. The van der Waals surface area contributed by atoms with E-state index in [4.69, 9.17) is 4.74 Å². The predicted molar refractivity (Wildman–Crippen MR) is 83.8 cm³/mol. The molecule has 2 atom stereocenters. The number of carbonyl (C=O) groups is 2. The van der Waals surface area contributed by atoms with E-state index in [0.717, 1.165) is 13.1 Å². The van der Waals surface area contributed by atoms with Crippen LogP contribution in [0.3, 0.4) is 0 Å². The van der Waals surface area contributed by atoms with Gasteiger partial charge in [0.15, 0.2) is 0 Å². The summed E-state index contributed by atoms with van der Waals surface area (Å²) in [6.07, 6.45) is 0.605. The van der Waals surface area contributed by atoms with Crippen LogP contribution in [-0.4, -0.2) is 53.2 Å². The number of nitrogens with zero attached hydrogens (tertiary/aromatic N) is 2. The van der Waals surface area contributed by atoms with Crippen LogP contribution in [0.2, 0.25) is 0 Å². The second-order valence-corrected chi connectivity index (χ2v) is 6.32. The Morgan fingerprint density at radius 1 is 1.26 bits per heavy atom. The Bertz CT molecular complexity index is 579. The molecule has 1 amide bonds. The lowest BCUT2D eigenvalue weighted by Gasteiger charge is -2.39. The van der Waals surface area contributed by atoms with E-state index in [0.29, 0.717) is 25.9 Å². The predicted octanol–water partition coefficient (Wildman–Crippen LogP) is 1.93. The number of hydrogen-bond acceptors (Lipinski definition) is 4. The number of amides is 1. The zero-order valence-electron chi connectivity index (χ0n) is 13.3. The van der Waals surface area contributed by atoms with Crippen LogP contribution in [0.15, 0.2) is 24.3 Å². The molecule has 0 aromatic heterocycles. The first-order valence-electron chi connectivity index (χ1n) is 7.95. The van der Waals surface area contributed by atoms with Gasteiger partial charge in [0.05, 0.1) is 13.0 Å². The van der Waals surface area contributed by atoms with E-state index in [2.05, 4.69) is 17.0 Å². The summed E-state index contributed by atoms with van der Waals surface area (Å²) < 4.78 is 4.86. The monoisotopic (exact) mass is 318 g/mol. The molecular formula is C17H22N2O4. The second kappa shape index (κ2) is 6.58. The van der Waals surface area contributed by atoms with Gasteiger partial charge >= 0.3 is 12.1 Å². The van der Waals surface area contributed by atoms with Crippen molar-refractivity contribution in [2.75, 3.05) is 20.2 Å². The van der Waals surface area contributed by atoms with Gasteiger partial charge in [-0.2, -0.15) is 0 Å². The Morgan fingerprint density at radius 2 is 1.91 bits per heavy atom. The number of carbonyl (C=O) groups excluding carboxylic acids is 1. The van der Waals surface area contributed by atoms with Crippen LogP contribution in [0.5, 0.6) is 0 Å². The molecule has 0 aliphatic carbocycles. The van der Waals surface area contributed by atoms with Crippen LogP contribution >= 0.6 is 0 Å². The number of hydrogen-bond donors (Lipinski definition) is 1. The molecule has 1 aromatic carbocycles. The minimum Gasteiger partial charge on any atom is -0.481 e. The first kappa shape index (κ1) is 15.8. The summed E-state index contributed by atoms with van der Waals surface area (Å²) in [5.74, 6) is -1.16. The third kappa shape index (κ3) is 3.32. The van der Waals surface area contributed by atoms with E-state index in [1.165, 1.54) is 18.2 Å². The number of likely N-dealkylation sites (tertiary alicyclic amines) is 1. The largest absolute Gasteiger partial charge is 0.481 e. The van der Waals surface area contributed by atoms with Crippen molar-refractivity contribution in [2.45, 2.75) is 32.0 Å². The molecule has 2 heterocycles. The lowest BCUT2D eigenvalue weighted by Crippen LogP contribution is -2.51. The number of piperidine rings is 1.